The van der Waals surface area contributed by atoms with Crippen molar-refractivity contribution >= 4 is 5.91 Å². The lowest BCUT2D eigenvalue weighted by atomic mass is 10.1. The Morgan fingerprint density at radius 3 is 2.60 bits per heavy atom. The molecule has 0 unspecified atom stereocenters. The lowest BCUT2D eigenvalue weighted by Gasteiger charge is -2.27. The number of amides is 1. The van der Waals surface area contributed by atoms with Crippen molar-refractivity contribution < 1.29 is 14.3 Å². The summed E-state index contributed by atoms with van der Waals surface area (Å²) in [5.41, 5.74) is 1.19. The van der Waals surface area contributed by atoms with Crippen molar-refractivity contribution in [2.24, 2.45) is 0 Å². The molecule has 2 atom stereocenters. The molecule has 5 nitrogen and oxygen atoms in total. The average molecular weight is 340 g/mol. The maximum atomic E-state index is 12.2. The van der Waals surface area contributed by atoms with Crippen LogP contribution in [0.4, 0.5) is 0 Å². The first kappa shape index (κ1) is 17.3. The predicted molar refractivity (Wildman–Crippen MR) is 96.8 cm³/mol. The number of carbonyl (C=O) groups excluding carboxylic acids is 1. The standard InChI is InChI=1S/C20H24N2O3/c1-15(16-8-4-3-5-9-16)22(2)13-20(23)21-12-17-14-24-18-10-6-7-11-19(18)25-17/h3-11,15,17H,12-14H2,1-2H3,(H,21,23)/t15-,17-/m1/s1. The third kappa shape index (κ3) is 4.51. The molecule has 25 heavy (non-hydrogen) atoms. The van der Waals surface area contributed by atoms with Crippen molar-refractivity contribution in [2.45, 2.75) is 19.1 Å². The Morgan fingerprint density at radius 2 is 1.84 bits per heavy atom. The summed E-state index contributed by atoms with van der Waals surface area (Å²) in [6.45, 7) is 3.30. The summed E-state index contributed by atoms with van der Waals surface area (Å²) < 4.78 is 11.5. The fourth-order valence-electron chi connectivity index (χ4n) is 2.80. The fraction of sp³-hybridized carbons (Fsp3) is 0.350. The zero-order valence-electron chi connectivity index (χ0n) is 14.6. The Bertz CT molecular complexity index is 705. The molecular weight excluding hydrogens is 316 g/mol. The summed E-state index contributed by atoms with van der Waals surface area (Å²) in [5.74, 6) is 1.46. The maximum Gasteiger partial charge on any atom is 0.234 e. The summed E-state index contributed by atoms with van der Waals surface area (Å²) in [4.78, 5) is 14.3. The van der Waals surface area contributed by atoms with Crippen molar-refractivity contribution in [1.29, 1.82) is 0 Å². The van der Waals surface area contributed by atoms with Gasteiger partial charge in [0.15, 0.2) is 11.5 Å². The molecule has 0 aliphatic carbocycles. The summed E-state index contributed by atoms with van der Waals surface area (Å²) >= 11 is 0. The van der Waals surface area contributed by atoms with Gasteiger partial charge in [0.25, 0.3) is 0 Å². The molecule has 1 amide bonds. The third-order valence-corrected chi connectivity index (χ3v) is 4.43. The van der Waals surface area contributed by atoms with Crippen molar-refractivity contribution in [3.05, 3.63) is 60.2 Å². The Kier molecular flexibility index (Phi) is 5.56. The van der Waals surface area contributed by atoms with Crippen LogP contribution in [0.5, 0.6) is 11.5 Å². The number of benzene rings is 2. The number of rotatable bonds is 6. The highest BCUT2D eigenvalue weighted by Gasteiger charge is 2.21. The highest BCUT2D eigenvalue weighted by Crippen LogP contribution is 2.30. The van der Waals surface area contributed by atoms with E-state index < -0.39 is 0 Å². The first-order valence-corrected chi connectivity index (χ1v) is 8.54. The normalized spacial score (nSPS) is 17.2. The monoisotopic (exact) mass is 340 g/mol. The molecule has 3 rings (SSSR count). The number of ether oxygens (including phenoxy) is 2. The number of fused-ring (bicyclic) bond motifs is 1. The second-order valence-electron chi connectivity index (χ2n) is 6.30. The van der Waals surface area contributed by atoms with E-state index in [1.54, 1.807) is 0 Å². The van der Waals surface area contributed by atoms with E-state index in [4.69, 9.17) is 9.47 Å². The van der Waals surface area contributed by atoms with Crippen LogP contribution in [0.15, 0.2) is 54.6 Å². The topological polar surface area (TPSA) is 50.8 Å². The molecule has 2 aromatic rings. The molecule has 1 N–H and O–H groups in total. The van der Waals surface area contributed by atoms with Crippen LogP contribution in [0.1, 0.15) is 18.5 Å². The Morgan fingerprint density at radius 1 is 1.16 bits per heavy atom. The lowest BCUT2D eigenvalue weighted by molar-refractivity contribution is -0.122. The summed E-state index contributed by atoms with van der Waals surface area (Å²) in [6, 6.07) is 17.9. The molecular formula is C20H24N2O3. The number of para-hydroxylation sites is 2. The second kappa shape index (κ2) is 8.03. The van der Waals surface area contributed by atoms with Gasteiger partial charge in [-0.2, -0.15) is 0 Å². The molecule has 0 fully saturated rings. The van der Waals surface area contributed by atoms with Crippen molar-refractivity contribution in [3.8, 4) is 11.5 Å². The SMILES string of the molecule is C[C@H](c1ccccc1)N(C)CC(=O)NC[C@@H]1COc2ccccc2O1. The molecule has 132 valence electrons. The van der Waals surface area contributed by atoms with E-state index in [1.165, 1.54) is 5.56 Å². The lowest BCUT2D eigenvalue weighted by Crippen LogP contribution is -2.44. The van der Waals surface area contributed by atoms with Gasteiger partial charge in [0.1, 0.15) is 12.7 Å². The van der Waals surface area contributed by atoms with E-state index >= 15 is 0 Å². The molecule has 0 radical (unpaired) electrons. The van der Waals surface area contributed by atoms with Gasteiger partial charge >= 0.3 is 0 Å². The fourth-order valence-corrected chi connectivity index (χ4v) is 2.80. The minimum absolute atomic E-state index is 0.0206. The highest BCUT2D eigenvalue weighted by atomic mass is 16.6. The maximum absolute atomic E-state index is 12.2. The van der Waals surface area contributed by atoms with Crippen LogP contribution in [0, 0.1) is 0 Å². The molecule has 0 saturated carbocycles. The minimum atomic E-state index is -0.171. The van der Waals surface area contributed by atoms with Crippen molar-refractivity contribution in [2.75, 3.05) is 26.7 Å². The van der Waals surface area contributed by atoms with Gasteiger partial charge in [-0.3, -0.25) is 9.69 Å². The number of nitrogens with one attached hydrogen (secondary N) is 1. The number of likely N-dealkylation sites (N-methyl/N-ethyl adjacent to an activating group) is 1. The van der Waals surface area contributed by atoms with E-state index in [2.05, 4.69) is 24.4 Å². The van der Waals surface area contributed by atoms with Gasteiger partial charge in [-0.15, -0.1) is 0 Å². The Labute approximate surface area is 148 Å². The van der Waals surface area contributed by atoms with Crippen LogP contribution in [0.2, 0.25) is 0 Å². The largest absolute Gasteiger partial charge is 0.486 e. The molecule has 1 aliphatic rings. The summed E-state index contributed by atoms with van der Waals surface area (Å²) in [7, 11) is 1.95. The number of nitrogens with zero attached hydrogens (tertiary/aromatic N) is 1. The van der Waals surface area contributed by atoms with Gasteiger partial charge in [0.05, 0.1) is 13.1 Å². The van der Waals surface area contributed by atoms with Crippen molar-refractivity contribution in [3.63, 3.8) is 0 Å². The van der Waals surface area contributed by atoms with E-state index in [-0.39, 0.29) is 18.1 Å². The summed E-state index contributed by atoms with van der Waals surface area (Å²) in [6.07, 6.45) is -0.171. The van der Waals surface area contributed by atoms with Gasteiger partial charge in [-0.05, 0) is 31.7 Å². The van der Waals surface area contributed by atoms with Crippen LogP contribution in [0.3, 0.4) is 0 Å². The van der Waals surface area contributed by atoms with Crippen LogP contribution in [-0.2, 0) is 4.79 Å². The van der Waals surface area contributed by atoms with Gasteiger partial charge in [-0.25, -0.2) is 0 Å². The first-order valence-electron chi connectivity index (χ1n) is 8.54. The van der Waals surface area contributed by atoms with Crippen LogP contribution in [0.25, 0.3) is 0 Å². The van der Waals surface area contributed by atoms with Gasteiger partial charge < -0.3 is 14.8 Å². The first-order chi connectivity index (χ1) is 12.1. The molecule has 2 aromatic carbocycles. The van der Waals surface area contributed by atoms with Crippen LogP contribution < -0.4 is 14.8 Å². The quantitative estimate of drug-likeness (QED) is 0.878. The minimum Gasteiger partial charge on any atom is -0.486 e. The van der Waals surface area contributed by atoms with Gasteiger partial charge in [0, 0.05) is 6.04 Å². The van der Waals surface area contributed by atoms with Crippen molar-refractivity contribution in [1.82, 2.24) is 10.2 Å². The van der Waals surface area contributed by atoms with Gasteiger partial charge in [-0.1, -0.05) is 42.5 Å². The second-order valence-corrected chi connectivity index (χ2v) is 6.30. The molecule has 0 saturated heterocycles. The molecule has 0 aromatic heterocycles. The zero-order chi connectivity index (χ0) is 17.6. The Hall–Kier alpha value is -2.53. The molecule has 1 heterocycles. The summed E-state index contributed by atoms with van der Waals surface area (Å²) in [5, 5.41) is 2.93. The predicted octanol–water partition coefficient (Wildman–Crippen LogP) is 2.64. The highest BCUT2D eigenvalue weighted by molar-refractivity contribution is 5.78. The molecule has 5 heteroatoms. The van der Waals surface area contributed by atoms with E-state index in [0.717, 1.165) is 11.5 Å². The Balaban J connectivity index is 1.45. The van der Waals surface area contributed by atoms with E-state index in [1.807, 2.05) is 54.4 Å². The van der Waals surface area contributed by atoms with E-state index in [0.29, 0.717) is 19.7 Å². The number of hydrogen-bond donors (Lipinski definition) is 1. The molecule has 0 spiro atoms. The van der Waals surface area contributed by atoms with Crippen LogP contribution >= 0.6 is 0 Å². The van der Waals surface area contributed by atoms with E-state index in [9.17, 15) is 4.79 Å². The molecule has 0 bridgehead atoms. The third-order valence-electron chi connectivity index (χ3n) is 4.43. The van der Waals surface area contributed by atoms with Gasteiger partial charge in [0.2, 0.25) is 5.91 Å². The molecule has 1 aliphatic heterocycles. The number of hydrogen-bond acceptors (Lipinski definition) is 4. The van der Waals surface area contributed by atoms with Crippen LogP contribution in [-0.4, -0.2) is 43.7 Å². The zero-order valence-corrected chi connectivity index (χ0v) is 14.6. The smallest absolute Gasteiger partial charge is 0.234 e. The number of carbonyl (C=O) groups is 1. The average Bonchev–Trinajstić information content (AvgIpc) is 2.66.